The van der Waals surface area contributed by atoms with Gasteiger partial charge in [-0.15, -0.1) is 10.2 Å². The van der Waals surface area contributed by atoms with Crippen LogP contribution in [-0.4, -0.2) is 26.4 Å². The Morgan fingerprint density at radius 3 is 2.62 bits per heavy atom. The third-order valence-electron chi connectivity index (χ3n) is 4.20. The number of hydrogen-bond acceptors (Lipinski definition) is 5. The van der Waals surface area contributed by atoms with Gasteiger partial charge in [0.25, 0.3) is 0 Å². The van der Waals surface area contributed by atoms with Crippen LogP contribution in [-0.2, 0) is 4.79 Å². The lowest BCUT2D eigenvalue weighted by Gasteiger charge is -2.25. The Labute approximate surface area is 144 Å². The Hall–Kier alpha value is -1.93. The zero-order chi connectivity index (χ0) is 16.9. The maximum absolute atomic E-state index is 13.2. The van der Waals surface area contributed by atoms with Crippen LogP contribution < -0.4 is 11.3 Å². The van der Waals surface area contributed by atoms with Gasteiger partial charge < -0.3 is 0 Å². The molecule has 0 unspecified atom stereocenters. The quantitative estimate of drug-likeness (QED) is 0.375. The lowest BCUT2D eigenvalue weighted by atomic mass is 9.95. The molecule has 2 aromatic rings. The van der Waals surface area contributed by atoms with E-state index in [1.165, 1.54) is 43.2 Å². The normalized spacial score (nSPS) is 15.4. The SMILES string of the molecule is NNC(=O)CSc1nnc(-c2ccc(F)cc2)n1C1CCCCC1. The summed E-state index contributed by atoms with van der Waals surface area (Å²) in [5, 5.41) is 9.26. The Bertz CT molecular complexity index is 697. The Morgan fingerprint density at radius 1 is 1.25 bits per heavy atom. The van der Waals surface area contributed by atoms with Gasteiger partial charge >= 0.3 is 0 Å². The Morgan fingerprint density at radius 2 is 1.96 bits per heavy atom. The van der Waals surface area contributed by atoms with Crippen LogP contribution in [0.25, 0.3) is 11.4 Å². The van der Waals surface area contributed by atoms with Crippen molar-refractivity contribution in [2.45, 2.75) is 43.3 Å². The molecule has 1 aliphatic carbocycles. The van der Waals surface area contributed by atoms with Crippen molar-refractivity contribution in [3.05, 3.63) is 30.1 Å². The van der Waals surface area contributed by atoms with Crippen molar-refractivity contribution >= 4 is 17.7 Å². The summed E-state index contributed by atoms with van der Waals surface area (Å²) in [5.74, 6) is 5.50. The van der Waals surface area contributed by atoms with Crippen LogP contribution in [0.15, 0.2) is 29.4 Å². The fourth-order valence-electron chi connectivity index (χ4n) is 3.01. The lowest BCUT2D eigenvalue weighted by molar-refractivity contribution is -0.118. The van der Waals surface area contributed by atoms with Crippen molar-refractivity contribution in [3.8, 4) is 11.4 Å². The molecule has 0 saturated heterocycles. The number of aromatic nitrogens is 3. The molecule has 1 amide bonds. The minimum absolute atomic E-state index is 0.185. The first-order chi connectivity index (χ1) is 11.7. The van der Waals surface area contributed by atoms with Crippen LogP contribution in [0.3, 0.4) is 0 Å². The van der Waals surface area contributed by atoms with Gasteiger partial charge in [0.2, 0.25) is 5.91 Å². The van der Waals surface area contributed by atoms with Gasteiger partial charge in [0, 0.05) is 11.6 Å². The third-order valence-corrected chi connectivity index (χ3v) is 5.14. The third kappa shape index (κ3) is 3.76. The number of nitrogens with one attached hydrogen (secondary N) is 1. The summed E-state index contributed by atoms with van der Waals surface area (Å²) in [6.07, 6.45) is 5.69. The number of carbonyl (C=O) groups is 1. The smallest absolute Gasteiger partial charge is 0.244 e. The number of hydrogen-bond donors (Lipinski definition) is 2. The van der Waals surface area contributed by atoms with Gasteiger partial charge in [-0.05, 0) is 37.1 Å². The van der Waals surface area contributed by atoms with Crippen molar-refractivity contribution in [1.82, 2.24) is 20.2 Å². The first-order valence-corrected chi connectivity index (χ1v) is 9.00. The van der Waals surface area contributed by atoms with Crippen LogP contribution in [0, 0.1) is 5.82 Å². The topological polar surface area (TPSA) is 85.8 Å². The van der Waals surface area contributed by atoms with E-state index < -0.39 is 0 Å². The number of nitrogens with zero attached hydrogens (tertiary/aromatic N) is 3. The van der Waals surface area contributed by atoms with Crippen LogP contribution in [0.4, 0.5) is 4.39 Å². The molecule has 24 heavy (non-hydrogen) atoms. The average molecular weight is 349 g/mol. The van der Waals surface area contributed by atoms with E-state index in [-0.39, 0.29) is 17.5 Å². The summed E-state index contributed by atoms with van der Waals surface area (Å²) in [4.78, 5) is 11.4. The summed E-state index contributed by atoms with van der Waals surface area (Å²) in [6.45, 7) is 0. The van der Waals surface area contributed by atoms with Crippen molar-refractivity contribution < 1.29 is 9.18 Å². The molecule has 1 aromatic carbocycles. The van der Waals surface area contributed by atoms with Crippen molar-refractivity contribution in [1.29, 1.82) is 0 Å². The first-order valence-electron chi connectivity index (χ1n) is 8.02. The number of carbonyl (C=O) groups excluding carboxylic acids is 1. The van der Waals surface area contributed by atoms with Gasteiger partial charge in [-0.25, -0.2) is 10.2 Å². The molecule has 1 aromatic heterocycles. The molecule has 1 heterocycles. The largest absolute Gasteiger partial charge is 0.299 e. The van der Waals surface area contributed by atoms with E-state index in [0.717, 1.165) is 24.2 Å². The molecule has 0 spiro atoms. The highest BCUT2D eigenvalue weighted by molar-refractivity contribution is 7.99. The summed E-state index contributed by atoms with van der Waals surface area (Å²) >= 11 is 1.32. The number of amides is 1. The molecule has 0 aliphatic heterocycles. The summed E-state index contributed by atoms with van der Waals surface area (Å²) in [5.41, 5.74) is 2.94. The van der Waals surface area contributed by atoms with Gasteiger partial charge in [-0.3, -0.25) is 14.8 Å². The molecular weight excluding hydrogens is 329 g/mol. The number of halogens is 1. The predicted octanol–water partition coefficient (Wildman–Crippen LogP) is 2.67. The molecule has 1 saturated carbocycles. The zero-order valence-corrected chi connectivity index (χ0v) is 14.1. The number of thioether (sulfide) groups is 1. The molecule has 6 nitrogen and oxygen atoms in total. The number of hydrazine groups is 1. The Balaban J connectivity index is 1.93. The molecule has 1 fully saturated rings. The van der Waals surface area contributed by atoms with E-state index in [4.69, 9.17) is 5.84 Å². The molecule has 3 rings (SSSR count). The number of benzene rings is 1. The van der Waals surface area contributed by atoms with E-state index in [2.05, 4.69) is 20.2 Å². The highest BCUT2D eigenvalue weighted by atomic mass is 32.2. The van der Waals surface area contributed by atoms with Crippen LogP contribution >= 0.6 is 11.8 Å². The van der Waals surface area contributed by atoms with Gasteiger partial charge in [0.1, 0.15) is 5.82 Å². The maximum atomic E-state index is 13.2. The number of rotatable bonds is 5. The minimum Gasteiger partial charge on any atom is -0.299 e. The second-order valence-corrected chi connectivity index (χ2v) is 6.77. The van der Waals surface area contributed by atoms with E-state index in [0.29, 0.717) is 11.2 Å². The molecule has 1 aliphatic rings. The van der Waals surface area contributed by atoms with Gasteiger partial charge in [-0.1, -0.05) is 31.0 Å². The van der Waals surface area contributed by atoms with Crippen molar-refractivity contribution in [2.24, 2.45) is 5.84 Å². The molecule has 8 heteroatoms. The molecule has 3 N–H and O–H groups in total. The standard InChI is InChI=1S/C16H20FN5OS/c17-12-8-6-11(7-9-12)15-20-21-16(24-10-14(23)19-18)22(15)13-4-2-1-3-5-13/h6-9,13H,1-5,10,18H2,(H,19,23). The van der Waals surface area contributed by atoms with Crippen molar-refractivity contribution in [2.75, 3.05) is 5.75 Å². The van der Waals surface area contributed by atoms with E-state index in [1.807, 2.05) is 0 Å². The van der Waals surface area contributed by atoms with E-state index in [1.54, 1.807) is 12.1 Å². The molecular formula is C16H20FN5OS. The highest BCUT2D eigenvalue weighted by Crippen LogP contribution is 2.35. The monoisotopic (exact) mass is 349 g/mol. The lowest BCUT2D eigenvalue weighted by Crippen LogP contribution is -2.31. The molecule has 0 bridgehead atoms. The fourth-order valence-corrected chi connectivity index (χ4v) is 3.83. The molecule has 128 valence electrons. The molecule has 0 radical (unpaired) electrons. The fraction of sp³-hybridized carbons (Fsp3) is 0.438. The van der Waals surface area contributed by atoms with Gasteiger partial charge in [0.05, 0.1) is 5.75 Å². The highest BCUT2D eigenvalue weighted by Gasteiger charge is 2.24. The van der Waals surface area contributed by atoms with Crippen LogP contribution in [0.2, 0.25) is 0 Å². The second-order valence-electron chi connectivity index (χ2n) is 5.83. The maximum Gasteiger partial charge on any atom is 0.244 e. The summed E-state index contributed by atoms with van der Waals surface area (Å²) in [6, 6.07) is 6.56. The summed E-state index contributed by atoms with van der Waals surface area (Å²) < 4.78 is 15.3. The van der Waals surface area contributed by atoms with Crippen molar-refractivity contribution in [3.63, 3.8) is 0 Å². The summed E-state index contributed by atoms with van der Waals surface area (Å²) in [7, 11) is 0. The number of nitrogens with two attached hydrogens (primary N) is 1. The average Bonchev–Trinajstić information content (AvgIpc) is 3.05. The predicted molar refractivity (Wildman–Crippen MR) is 90.6 cm³/mol. The van der Waals surface area contributed by atoms with Gasteiger partial charge in [-0.2, -0.15) is 0 Å². The van der Waals surface area contributed by atoms with Gasteiger partial charge in [0.15, 0.2) is 11.0 Å². The van der Waals surface area contributed by atoms with E-state index in [9.17, 15) is 9.18 Å². The zero-order valence-electron chi connectivity index (χ0n) is 13.2. The Kier molecular flexibility index (Phi) is 5.47. The minimum atomic E-state index is -0.281. The molecule has 0 atom stereocenters. The van der Waals surface area contributed by atoms with E-state index >= 15 is 0 Å². The second kappa shape index (κ2) is 7.76. The van der Waals surface area contributed by atoms with Crippen LogP contribution in [0.5, 0.6) is 0 Å². The first kappa shape index (κ1) is 16.9. The van der Waals surface area contributed by atoms with Crippen LogP contribution in [0.1, 0.15) is 38.1 Å².